The minimum atomic E-state index is -0.307. The minimum Gasteiger partial charge on any atom is -0.255 e. The molecule has 0 N–H and O–H groups in total. The SMILES string of the molecule is Fc1ccc2c(Cl)c(Br)cnc2c1. The topological polar surface area (TPSA) is 12.9 Å². The van der Waals surface area contributed by atoms with Gasteiger partial charge in [0.1, 0.15) is 5.82 Å². The van der Waals surface area contributed by atoms with E-state index in [1.54, 1.807) is 12.3 Å². The molecule has 0 fully saturated rings. The summed E-state index contributed by atoms with van der Waals surface area (Å²) in [5.41, 5.74) is 0.563. The van der Waals surface area contributed by atoms with Crippen molar-refractivity contribution in [1.29, 1.82) is 0 Å². The molecule has 0 saturated heterocycles. The molecule has 1 aromatic carbocycles. The molecule has 1 heterocycles. The van der Waals surface area contributed by atoms with E-state index in [0.717, 1.165) is 5.39 Å². The van der Waals surface area contributed by atoms with E-state index >= 15 is 0 Å². The third kappa shape index (κ3) is 1.54. The maximum atomic E-state index is 12.8. The highest BCUT2D eigenvalue weighted by atomic mass is 79.9. The Bertz CT molecular complexity index is 472. The monoisotopic (exact) mass is 259 g/mol. The van der Waals surface area contributed by atoms with E-state index in [1.165, 1.54) is 12.1 Å². The molecule has 0 radical (unpaired) electrons. The Balaban J connectivity index is 2.87. The van der Waals surface area contributed by atoms with Crippen LogP contribution in [0.2, 0.25) is 5.02 Å². The van der Waals surface area contributed by atoms with Crippen LogP contribution in [0, 0.1) is 5.82 Å². The molecule has 1 nitrogen and oxygen atoms in total. The van der Waals surface area contributed by atoms with Crippen molar-refractivity contribution in [3.05, 3.63) is 39.7 Å². The van der Waals surface area contributed by atoms with Gasteiger partial charge in [0.2, 0.25) is 0 Å². The van der Waals surface area contributed by atoms with Gasteiger partial charge >= 0.3 is 0 Å². The lowest BCUT2D eigenvalue weighted by Gasteiger charge is -2.01. The van der Waals surface area contributed by atoms with Crippen LogP contribution in [-0.2, 0) is 0 Å². The van der Waals surface area contributed by atoms with Crippen molar-refractivity contribution < 1.29 is 4.39 Å². The summed E-state index contributed by atoms with van der Waals surface area (Å²) in [6, 6.07) is 4.33. The van der Waals surface area contributed by atoms with E-state index in [1.807, 2.05) is 0 Å². The third-order valence-electron chi connectivity index (χ3n) is 1.72. The molecule has 0 amide bonds. The van der Waals surface area contributed by atoms with Crippen LogP contribution in [-0.4, -0.2) is 4.98 Å². The molecule has 0 aliphatic carbocycles. The predicted molar refractivity (Wildman–Crippen MR) is 54.4 cm³/mol. The number of nitrogens with zero attached hydrogens (tertiary/aromatic N) is 1. The molecular formula is C9H4BrClFN. The minimum absolute atomic E-state index is 0.307. The summed E-state index contributed by atoms with van der Waals surface area (Å²) < 4.78 is 13.5. The molecule has 0 atom stereocenters. The van der Waals surface area contributed by atoms with Crippen LogP contribution < -0.4 is 0 Å². The molecule has 0 saturated carbocycles. The molecule has 13 heavy (non-hydrogen) atoms. The van der Waals surface area contributed by atoms with Crippen LogP contribution >= 0.6 is 27.5 Å². The summed E-state index contributed by atoms with van der Waals surface area (Å²) in [7, 11) is 0. The first-order valence-corrected chi connectivity index (χ1v) is 4.75. The fraction of sp³-hybridized carbons (Fsp3) is 0. The van der Waals surface area contributed by atoms with Gasteiger partial charge < -0.3 is 0 Å². The smallest absolute Gasteiger partial charge is 0.125 e. The molecule has 0 aliphatic heterocycles. The Labute approximate surface area is 87.7 Å². The van der Waals surface area contributed by atoms with Crippen molar-refractivity contribution in [3.8, 4) is 0 Å². The van der Waals surface area contributed by atoms with Gasteiger partial charge in [0, 0.05) is 17.6 Å². The number of hydrogen-bond acceptors (Lipinski definition) is 1. The van der Waals surface area contributed by atoms with Gasteiger partial charge in [-0.25, -0.2) is 4.39 Å². The van der Waals surface area contributed by atoms with Crippen molar-refractivity contribution in [1.82, 2.24) is 4.98 Å². The van der Waals surface area contributed by atoms with E-state index in [4.69, 9.17) is 11.6 Å². The second kappa shape index (κ2) is 3.24. The lowest BCUT2D eigenvalue weighted by molar-refractivity contribution is 0.629. The number of hydrogen-bond donors (Lipinski definition) is 0. The highest BCUT2D eigenvalue weighted by Crippen LogP contribution is 2.29. The first-order valence-electron chi connectivity index (χ1n) is 3.58. The van der Waals surface area contributed by atoms with Gasteiger partial charge in [-0.15, -0.1) is 0 Å². The zero-order chi connectivity index (χ0) is 9.42. The van der Waals surface area contributed by atoms with Crippen molar-refractivity contribution in [3.63, 3.8) is 0 Å². The van der Waals surface area contributed by atoms with Crippen LogP contribution in [0.1, 0.15) is 0 Å². The third-order valence-corrected chi connectivity index (χ3v) is 2.96. The highest BCUT2D eigenvalue weighted by Gasteiger charge is 2.04. The fourth-order valence-electron chi connectivity index (χ4n) is 1.11. The molecule has 0 bridgehead atoms. The molecule has 2 rings (SSSR count). The maximum absolute atomic E-state index is 12.8. The summed E-state index contributed by atoms with van der Waals surface area (Å²) >= 11 is 9.22. The van der Waals surface area contributed by atoms with E-state index in [2.05, 4.69) is 20.9 Å². The number of fused-ring (bicyclic) bond motifs is 1. The summed E-state index contributed by atoms with van der Waals surface area (Å²) in [5, 5.41) is 1.31. The van der Waals surface area contributed by atoms with Gasteiger partial charge in [-0.1, -0.05) is 11.6 Å². The van der Waals surface area contributed by atoms with E-state index in [9.17, 15) is 4.39 Å². The zero-order valence-electron chi connectivity index (χ0n) is 6.39. The van der Waals surface area contributed by atoms with Gasteiger partial charge in [0.05, 0.1) is 15.0 Å². The molecule has 4 heteroatoms. The summed E-state index contributed by atoms with van der Waals surface area (Å²) in [6.45, 7) is 0. The largest absolute Gasteiger partial charge is 0.255 e. The highest BCUT2D eigenvalue weighted by molar-refractivity contribution is 9.10. The number of benzene rings is 1. The Morgan fingerprint density at radius 2 is 2.15 bits per heavy atom. The van der Waals surface area contributed by atoms with Gasteiger partial charge in [-0.3, -0.25) is 4.98 Å². The van der Waals surface area contributed by atoms with Crippen molar-refractivity contribution in [2.45, 2.75) is 0 Å². The Kier molecular flexibility index (Phi) is 2.22. The normalized spacial score (nSPS) is 10.7. The fourth-order valence-corrected chi connectivity index (χ4v) is 1.63. The molecular weight excluding hydrogens is 256 g/mol. The molecule has 2 aromatic rings. The first kappa shape index (κ1) is 8.91. The van der Waals surface area contributed by atoms with Gasteiger partial charge in [-0.2, -0.15) is 0 Å². The van der Waals surface area contributed by atoms with E-state index in [-0.39, 0.29) is 5.82 Å². The van der Waals surface area contributed by atoms with Crippen LogP contribution in [0.25, 0.3) is 10.9 Å². The van der Waals surface area contributed by atoms with E-state index in [0.29, 0.717) is 15.0 Å². The van der Waals surface area contributed by atoms with E-state index < -0.39 is 0 Å². The lowest BCUT2D eigenvalue weighted by Crippen LogP contribution is -1.82. The van der Waals surface area contributed by atoms with Gasteiger partial charge in [0.15, 0.2) is 0 Å². The Morgan fingerprint density at radius 1 is 1.38 bits per heavy atom. The average molecular weight is 260 g/mol. The number of rotatable bonds is 0. The standard InChI is InChI=1S/C9H4BrClFN/c10-7-4-13-8-3-5(12)1-2-6(8)9(7)11/h1-4H. The van der Waals surface area contributed by atoms with Crippen molar-refractivity contribution in [2.75, 3.05) is 0 Å². The Hall–Kier alpha value is -0.670. The number of aromatic nitrogens is 1. The summed E-state index contributed by atoms with van der Waals surface area (Å²) in [4.78, 5) is 4.03. The zero-order valence-corrected chi connectivity index (χ0v) is 8.73. The van der Waals surface area contributed by atoms with Crippen LogP contribution in [0.5, 0.6) is 0 Å². The molecule has 0 unspecified atom stereocenters. The lowest BCUT2D eigenvalue weighted by atomic mass is 10.2. The average Bonchev–Trinajstić information content (AvgIpc) is 2.12. The van der Waals surface area contributed by atoms with Crippen LogP contribution in [0.15, 0.2) is 28.9 Å². The van der Waals surface area contributed by atoms with Crippen LogP contribution in [0.3, 0.4) is 0 Å². The number of pyridine rings is 1. The van der Waals surface area contributed by atoms with Crippen molar-refractivity contribution in [2.24, 2.45) is 0 Å². The second-order valence-corrected chi connectivity index (χ2v) is 3.81. The molecule has 66 valence electrons. The van der Waals surface area contributed by atoms with Crippen LogP contribution in [0.4, 0.5) is 4.39 Å². The quantitative estimate of drug-likeness (QED) is 0.702. The van der Waals surface area contributed by atoms with Gasteiger partial charge in [-0.05, 0) is 28.1 Å². The summed E-state index contributed by atoms with van der Waals surface area (Å²) in [5.74, 6) is -0.307. The number of halogens is 3. The van der Waals surface area contributed by atoms with Crippen molar-refractivity contribution >= 4 is 38.4 Å². The molecule has 0 spiro atoms. The second-order valence-electron chi connectivity index (χ2n) is 2.58. The Morgan fingerprint density at radius 3 is 2.92 bits per heavy atom. The first-order chi connectivity index (χ1) is 6.18. The van der Waals surface area contributed by atoms with Gasteiger partial charge in [0.25, 0.3) is 0 Å². The maximum Gasteiger partial charge on any atom is 0.125 e. The predicted octanol–water partition coefficient (Wildman–Crippen LogP) is 3.79. The summed E-state index contributed by atoms with van der Waals surface area (Å²) in [6.07, 6.45) is 1.56. The molecule has 1 aromatic heterocycles. The molecule has 0 aliphatic rings.